The average Bonchev–Trinajstić information content (AvgIpc) is 2.17. The lowest BCUT2D eigenvalue weighted by molar-refractivity contribution is 0.116. The summed E-state index contributed by atoms with van der Waals surface area (Å²) < 4.78 is 5.14. The smallest absolute Gasteiger partial charge is 0.0589 e. The number of ether oxygens (including phenoxy) is 1. The van der Waals surface area contributed by atoms with Crippen LogP contribution in [-0.2, 0) is 4.74 Å². The van der Waals surface area contributed by atoms with Crippen LogP contribution in [0, 0.1) is 5.92 Å². The molecule has 0 radical (unpaired) electrons. The Bertz CT molecular complexity index is 149. The van der Waals surface area contributed by atoms with Gasteiger partial charge in [-0.15, -0.1) is 0 Å². The molecule has 0 aromatic carbocycles. The van der Waals surface area contributed by atoms with Crippen LogP contribution < -0.4 is 5.32 Å². The molecule has 3 heteroatoms. The normalized spacial score (nSPS) is 14.2. The molecule has 1 unspecified atom stereocenters. The quantitative estimate of drug-likeness (QED) is 0.667. The molecule has 0 saturated heterocycles. The molecule has 0 spiro atoms. The van der Waals surface area contributed by atoms with Gasteiger partial charge < -0.3 is 10.1 Å². The molecule has 0 bridgehead atoms. The van der Waals surface area contributed by atoms with Gasteiger partial charge in [0.1, 0.15) is 0 Å². The van der Waals surface area contributed by atoms with E-state index in [9.17, 15) is 0 Å². The van der Waals surface area contributed by atoms with Crippen molar-refractivity contribution in [2.75, 3.05) is 33.9 Å². The van der Waals surface area contributed by atoms with E-state index in [1.54, 1.807) is 7.11 Å². The summed E-state index contributed by atoms with van der Waals surface area (Å²) in [5.74, 6) is 0.666. The zero-order valence-electron chi connectivity index (χ0n) is 11.2. The van der Waals surface area contributed by atoms with Crippen molar-refractivity contribution in [1.29, 1.82) is 0 Å². The molecule has 0 saturated carbocycles. The van der Waals surface area contributed by atoms with E-state index < -0.39 is 0 Å². The number of hydrogen-bond acceptors (Lipinski definition) is 3. The molecule has 3 nitrogen and oxygen atoms in total. The lowest BCUT2D eigenvalue weighted by Crippen LogP contribution is -2.46. The molecular weight excluding hydrogens is 188 g/mol. The topological polar surface area (TPSA) is 24.5 Å². The van der Waals surface area contributed by atoms with E-state index in [2.05, 4.69) is 37.9 Å². The lowest BCUT2D eigenvalue weighted by Gasteiger charge is -2.32. The Labute approximate surface area is 95.2 Å². The van der Waals surface area contributed by atoms with Crippen LogP contribution in [0.4, 0.5) is 0 Å². The third kappa shape index (κ3) is 6.13. The van der Waals surface area contributed by atoms with Gasteiger partial charge in [0.05, 0.1) is 6.61 Å². The molecule has 15 heavy (non-hydrogen) atoms. The third-order valence-corrected chi connectivity index (χ3v) is 2.92. The molecule has 0 heterocycles. The summed E-state index contributed by atoms with van der Waals surface area (Å²) in [5.41, 5.74) is 0. The van der Waals surface area contributed by atoms with Crippen LogP contribution in [0.3, 0.4) is 0 Å². The molecule has 0 fully saturated rings. The van der Waals surface area contributed by atoms with Crippen molar-refractivity contribution in [3.05, 3.63) is 0 Å². The summed E-state index contributed by atoms with van der Waals surface area (Å²) in [4.78, 5) is 2.46. The Morgan fingerprint density at radius 1 is 1.20 bits per heavy atom. The van der Waals surface area contributed by atoms with E-state index in [0.717, 1.165) is 19.7 Å². The summed E-state index contributed by atoms with van der Waals surface area (Å²) in [6.45, 7) is 11.9. The minimum atomic E-state index is 0.559. The summed E-state index contributed by atoms with van der Waals surface area (Å²) in [5, 5.41) is 3.38. The highest BCUT2D eigenvalue weighted by Crippen LogP contribution is 2.06. The first-order valence-corrected chi connectivity index (χ1v) is 5.93. The predicted molar refractivity (Wildman–Crippen MR) is 66.3 cm³/mol. The summed E-state index contributed by atoms with van der Waals surface area (Å²) in [6, 6.07) is 1.14. The van der Waals surface area contributed by atoms with E-state index in [-0.39, 0.29) is 0 Å². The fraction of sp³-hybridized carbons (Fsp3) is 1.00. The van der Waals surface area contributed by atoms with Crippen LogP contribution >= 0.6 is 0 Å². The van der Waals surface area contributed by atoms with Gasteiger partial charge in [-0.2, -0.15) is 0 Å². The fourth-order valence-electron chi connectivity index (χ4n) is 1.66. The Morgan fingerprint density at radius 3 is 2.13 bits per heavy atom. The van der Waals surface area contributed by atoms with Crippen LogP contribution in [0.2, 0.25) is 0 Å². The minimum absolute atomic E-state index is 0.559. The maximum absolute atomic E-state index is 5.14. The van der Waals surface area contributed by atoms with Crippen LogP contribution in [0.25, 0.3) is 0 Å². The number of nitrogens with zero attached hydrogens (tertiary/aromatic N) is 1. The third-order valence-electron chi connectivity index (χ3n) is 2.92. The molecule has 0 aliphatic heterocycles. The van der Waals surface area contributed by atoms with Crippen LogP contribution in [0.5, 0.6) is 0 Å². The molecule has 0 aromatic heterocycles. The molecular formula is C12H28N2O. The van der Waals surface area contributed by atoms with Crippen molar-refractivity contribution < 1.29 is 4.74 Å². The number of hydrogen-bond donors (Lipinski definition) is 1. The summed E-state index contributed by atoms with van der Waals surface area (Å²) in [6.07, 6.45) is 0. The highest BCUT2D eigenvalue weighted by Gasteiger charge is 2.17. The van der Waals surface area contributed by atoms with Gasteiger partial charge in [0.15, 0.2) is 0 Å². The first kappa shape index (κ1) is 14.9. The number of methoxy groups -OCH3 is 1. The first-order valence-electron chi connectivity index (χ1n) is 5.93. The van der Waals surface area contributed by atoms with Crippen molar-refractivity contribution in [3.8, 4) is 0 Å². The highest BCUT2D eigenvalue weighted by atomic mass is 16.5. The van der Waals surface area contributed by atoms with E-state index in [1.807, 2.05) is 7.05 Å². The van der Waals surface area contributed by atoms with E-state index in [1.165, 1.54) is 0 Å². The molecule has 1 N–H and O–H groups in total. The second kappa shape index (κ2) is 8.08. The first-order chi connectivity index (χ1) is 7.02. The van der Waals surface area contributed by atoms with E-state index in [0.29, 0.717) is 18.0 Å². The molecule has 0 aliphatic carbocycles. The van der Waals surface area contributed by atoms with Gasteiger partial charge in [-0.3, -0.25) is 4.90 Å². The Kier molecular flexibility index (Phi) is 8.02. The Balaban J connectivity index is 4.12. The molecule has 92 valence electrons. The minimum Gasteiger partial charge on any atom is -0.383 e. The second-order valence-electron chi connectivity index (χ2n) is 4.72. The highest BCUT2D eigenvalue weighted by molar-refractivity contribution is 4.75. The van der Waals surface area contributed by atoms with Crippen LogP contribution in [0.1, 0.15) is 27.7 Å². The SMILES string of the molecule is CNC(CN(CCOC)C(C)C)C(C)C. The summed E-state index contributed by atoms with van der Waals surface area (Å²) in [7, 11) is 3.80. The lowest BCUT2D eigenvalue weighted by atomic mass is 10.0. The van der Waals surface area contributed by atoms with Crippen molar-refractivity contribution >= 4 is 0 Å². The van der Waals surface area contributed by atoms with Crippen molar-refractivity contribution in [2.45, 2.75) is 39.8 Å². The maximum Gasteiger partial charge on any atom is 0.0589 e. The molecule has 0 rings (SSSR count). The van der Waals surface area contributed by atoms with Gasteiger partial charge in [-0.1, -0.05) is 13.8 Å². The van der Waals surface area contributed by atoms with Gasteiger partial charge in [0.25, 0.3) is 0 Å². The molecule has 1 atom stereocenters. The van der Waals surface area contributed by atoms with Crippen LogP contribution in [0.15, 0.2) is 0 Å². The number of likely N-dealkylation sites (N-methyl/N-ethyl adjacent to an activating group) is 1. The zero-order valence-corrected chi connectivity index (χ0v) is 11.2. The second-order valence-corrected chi connectivity index (χ2v) is 4.72. The largest absolute Gasteiger partial charge is 0.383 e. The van der Waals surface area contributed by atoms with Crippen molar-refractivity contribution in [3.63, 3.8) is 0 Å². The molecule has 0 aliphatic rings. The van der Waals surface area contributed by atoms with Gasteiger partial charge in [-0.25, -0.2) is 0 Å². The Morgan fingerprint density at radius 2 is 1.80 bits per heavy atom. The van der Waals surface area contributed by atoms with Gasteiger partial charge in [0.2, 0.25) is 0 Å². The maximum atomic E-state index is 5.14. The predicted octanol–water partition coefficient (Wildman–Crippen LogP) is 1.59. The van der Waals surface area contributed by atoms with Gasteiger partial charge >= 0.3 is 0 Å². The molecule has 0 aromatic rings. The zero-order chi connectivity index (χ0) is 11.8. The summed E-state index contributed by atoms with van der Waals surface area (Å²) >= 11 is 0. The number of nitrogens with one attached hydrogen (secondary N) is 1. The standard InChI is InChI=1S/C12H28N2O/c1-10(2)12(13-5)9-14(11(3)4)7-8-15-6/h10-13H,7-9H2,1-6H3. The fourth-order valence-corrected chi connectivity index (χ4v) is 1.66. The van der Waals surface area contributed by atoms with E-state index in [4.69, 9.17) is 4.74 Å². The van der Waals surface area contributed by atoms with Gasteiger partial charge in [0, 0.05) is 32.3 Å². The van der Waals surface area contributed by atoms with E-state index >= 15 is 0 Å². The van der Waals surface area contributed by atoms with Gasteiger partial charge in [-0.05, 0) is 26.8 Å². The van der Waals surface area contributed by atoms with Crippen molar-refractivity contribution in [2.24, 2.45) is 5.92 Å². The monoisotopic (exact) mass is 216 g/mol. The Hall–Kier alpha value is -0.120. The number of rotatable bonds is 8. The van der Waals surface area contributed by atoms with Crippen LogP contribution in [-0.4, -0.2) is 50.8 Å². The average molecular weight is 216 g/mol. The molecule has 0 amide bonds. The van der Waals surface area contributed by atoms with Crippen molar-refractivity contribution in [1.82, 2.24) is 10.2 Å².